The van der Waals surface area contributed by atoms with E-state index in [4.69, 9.17) is 4.18 Å². The zero-order chi connectivity index (χ0) is 26.7. The Morgan fingerprint density at radius 2 is 1.67 bits per heavy atom. The second kappa shape index (κ2) is 10.6. The van der Waals surface area contributed by atoms with Crippen molar-refractivity contribution in [3.63, 3.8) is 0 Å². The number of alkyl halides is 3. The lowest BCUT2D eigenvalue weighted by Gasteiger charge is -2.27. The number of carbonyl (C=O) groups excluding carboxylic acids is 1. The van der Waals surface area contributed by atoms with E-state index in [9.17, 15) is 26.4 Å². The molecular formula is C26H27F3N2O4S. The van der Waals surface area contributed by atoms with Crippen molar-refractivity contribution < 1.29 is 30.6 Å². The molecule has 36 heavy (non-hydrogen) atoms. The Kier molecular flexibility index (Phi) is 7.98. The van der Waals surface area contributed by atoms with Crippen LogP contribution in [-0.2, 0) is 22.8 Å². The maximum atomic E-state index is 13.0. The quantitative estimate of drug-likeness (QED) is 0.359. The van der Waals surface area contributed by atoms with Gasteiger partial charge < -0.3 is 14.4 Å². The molecule has 0 aliphatic heterocycles. The number of aryl methyl sites for hydroxylation is 2. The second-order valence-electron chi connectivity index (χ2n) is 8.66. The summed E-state index contributed by atoms with van der Waals surface area (Å²) >= 11 is 0. The molecular weight excluding hydrogens is 493 g/mol. The summed E-state index contributed by atoms with van der Waals surface area (Å²) in [6.07, 6.45) is -4.69. The number of benzene rings is 3. The van der Waals surface area contributed by atoms with Crippen LogP contribution in [-0.4, -0.2) is 25.4 Å². The van der Waals surface area contributed by atoms with Crippen LogP contribution < -0.4 is 9.50 Å². The van der Waals surface area contributed by atoms with E-state index in [1.54, 1.807) is 17.0 Å². The van der Waals surface area contributed by atoms with Crippen LogP contribution in [0.5, 0.6) is 5.75 Å². The minimum absolute atomic E-state index is 0.0804. The highest BCUT2D eigenvalue weighted by molar-refractivity contribution is 7.87. The Balaban J connectivity index is 1.78. The third-order valence-corrected chi connectivity index (χ3v) is 6.79. The molecule has 0 spiro atoms. The first-order valence-corrected chi connectivity index (χ1v) is 12.5. The van der Waals surface area contributed by atoms with E-state index < -0.39 is 26.8 Å². The molecule has 2 amide bonds. The summed E-state index contributed by atoms with van der Waals surface area (Å²) in [7, 11) is -4.52. The number of hydrogen-bond donors (Lipinski definition) is 1. The zero-order valence-corrected chi connectivity index (χ0v) is 21.1. The molecule has 3 aromatic carbocycles. The van der Waals surface area contributed by atoms with Crippen LogP contribution in [0.15, 0.2) is 71.6 Å². The van der Waals surface area contributed by atoms with Gasteiger partial charge in [-0.15, -0.1) is 0 Å². The van der Waals surface area contributed by atoms with Crippen molar-refractivity contribution in [2.75, 3.05) is 5.32 Å². The van der Waals surface area contributed by atoms with Crippen LogP contribution in [0, 0.1) is 13.8 Å². The van der Waals surface area contributed by atoms with Crippen LogP contribution in [0.3, 0.4) is 0 Å². The summed E-state index contributed by atoms with van der Waals surface area (Å²) < 4.78 is 69.3. The molecule has 0 heterocycles. The van der Waals surface area contributed by atoms with Gasteiger partial charge in [-0.2, -0.15) is 21.6 Å². The summed E-state index contributed by atoms with van der Waals surface area (Å²) in [5.74, 6) is -0.0804. The topological polar surface area (TPSA) is 75.7 Å². The van der Waals surface area contributed by atoms with Gasteiger partial charge in [0.2, 0.25) is 0 Å². The van der Waals surface area contributed by atoms with E-state index in [1.165, 1.54) is 12.1 Å². The highest BCUT2D eigenvalue weighted by Gasteiger charge is 2.32. The second-order valence-corrected chi connectivity index (χ2v) is 10.2. The predicted molar refractivity (Wildman–Crippen MR) is 131 cm³/mol. The number of anilines is 1. The highest BCUT2D eigenvalue weighted by Crippen LogP contribution is 2.31. The number of amides is 2. The Morgan fingerprint density at radius 1 is 0.972 bits per heavy atom. The van der Waals surface area contributed by atoms with Crippen molar-refractivity contribution in [3.05, 3.63) is 89.0 Å². The molecule has 0 bridgehead atoms. The van der Waals surface area contributed by atoms with Gasteiger partial charge in [0.15, 0.2) is 0 Å². The molecule has 10 heteroatoms. The maximum absolute atomic E-state index is 13.0. The van der Waals surface area contributed by atoms with E-state index in [0.717, 1.165) is 29.3 Å². The number of carbonyl (C=O) groups is 1. The van der Waals surface area contributed by atoms with E-state index >= 15 is 0 Å². The average molecular weight is 521 g/mol. The molecule has 0 radical (unpaired) electrons. The summed E-state index contributed by atoms with van der Waals surface area (Å²) in [5, 5.41) is 2.87. The molecule has 0 atom stereocenters. The first-order chi connectivity index (χ1) is 16.8. The monoisotopic (exact) mass is 520 g/mol. The van der Waals surface area contributed by atoms with Crippen molar-refractivity contribution in [3.8, 4) is 5.75 Å². The smallest absolute Gasteiger partial charge is 0.379 e. The largest absolute Gasteiger partial charge is 0.416 e. The first kappa shape index (κ1) is 27.1. The van der Waals surface area contributed by atoms with Crippen LogP contribution in [0.1, 0.15) is 36.1 Å². The van der Waals surface area contributed by atoms with Crippen molar-refractivity contribution in [1.29, 1.82) is 0 Å². The minimum atomic E-state index is -4.69. The fourth-order valence-electron chi connectivity index (χ4n) is 3.40. The van der Waals surface area contributed by atoms with Gasteiger partial charge in [0.25, 0.3) is 0 Å². The third-order valence-electron chi connectivity index (χ3n) is 5.55. The number of rotatable bonds is 7. The van der Waals surface area contributed by atoms with Gasteiger partial charge in [0.05, 0.1) is 5.56 Å². The van der Waals surface area contributed by atoms with Gasteiger partial charge in [-0.1, -0.05) is 24.3 Å². The lowest BCUT2D eigenvalue weighted by atomic mass is 10.1. The standard InChI is InChI=1S/C26H27F3N2O4S/c1-17(2)31(25(32)30-22-12-11-18(3)19(4)13-22)16-20-7-5-9-23(14-20)35-36(33,34)24-10-6-8-21(15-24)26(27,28)29/h5-15,17H,16H2,1-4H3,(H,30,32). The van der Waals surface area contributed by atoms with Gasteiger partial charge >= 0.3 is 22.3 Å². The van der Waals surface area contributed by atoms with Crippen molar-refractivity contribution >= 4 is 21.8 Å². The predicted octanol–water partition coefficient (Wildman–Crippen LogP) is 6.53. The molecule has 1 N–H and O–H groups in total. The van der Waals surface area contributed by atoms with E-state index in [1.807, 2.05) is 45.9 Å². The molecule has 0 aliphatic rings. The zero-order valence-electron chi connectivity index (χ0n) is 20.3. The normalized spacial score (nSPS) is 11.9. The average Bonchev–Trinajstić information content (AvgIpc) is 2.79. The third kappa shape index (κ3) is 6.78. The number of nitrogens with one attached hydrogen (secondary N) is 1. The highest BCUT2D eigenvalue weighted by atomic mass is 32.2. The fourth-order valence-corrected chi connectivity index (χ4v) is 4.37. The maximum Gasteiger partial charge on any atom is 0.416 e. The Bertz CT molecular complexity index is 1360. The van der Waals surface area contributed by atoms with Gasteiger partial charge in [-0.25, -0.2) is 4.79 Å². The van der Waals surface area contributed by atoms with Crippen LogP contribution >= 0.6 is 0 Å². The van der Waals surface area contributed by atoms with Crippen LogP contribution in [0.2, 0.25) is 0 Å². The molecule has 3 aromatic rings. The Hall–Kier alpha value is -3.53. The number of urea groups is 1. The molecule has 3 rings (SSSR count). The summed E-state index contributed by atoms with van der Waals surface area (Å²) in [4.78, 5) is 13.9. The van der Waals surface area contributed by atoms with Crippen LogP contribution in [0.25, 0.3) is 0 Å². The lowest BCUT2D eigenvalue weighted by molar-refractivity contribution is -0.137. The van der Waals surface area contributed by atoms with Gasteiger partial charge in [-0.05, 0) is 86.8 Å². The molecule has 0 aliphatic carbocycles. The number of nitrogens with zero attached hydrogens (tertiary/aromatic N) is 1. The molecule has 0 saturated heterocycles. The van der Waals surface area contributed by atoms with E-state index in [0.29, 0.717) is 17.3 Å². The Morgan fingerprint density at radius 3 is 2.31 bits per heavy atom. The van der Waals surface area contributed by atoms with E-state index in [-0.39, 0.29) is 24.4 Å². The van der Waals surface area contributed by atoms with E-state index in [2.05, 4.69) is 5.32 Å². The van der Waals surface area contributed by atoms with Crippen molar-refractivity contribution in [2.45, 2.75) is 51.4 Å². The van der Waals surface area contributed by atoms with Gasteiger partial charge in [0, 0.05) is 18.3 Å². The fraction of sp³-hybridized carbons (Fsp3) is 0.269. The molecule has 192 valence electrons. The molecule has 0 saturated carbocycles. The number of hydrogen-bond acceptors (Lipinski definition) is 4. The van der Waals surface area contributed by atoms with Gasteiger partial charge in [-0.3, -0.25) is 0 Å². The first-order valence-electron chi connectivity index (χ1n) is 11.1. The molecule has 6 nitrogen and oxygen atoms in total. The summed E-state index contributed by atoms with van der Waals surface area (Å²) in [5.41, 5.74) is 2.28. The Labute approximate surface area is 208 Å². The van der Waals surface area contributed by atoms with Crippen molar-refractivity contribution in [1.82, 2.24) is 4.90 Å². The molecule has 0 aromatic heterocycles. The van der Waals surface area contributed by atoms with Crippen LogP contribution in [0.4, 0.5) is 23.7 Å². The molecule has 0 fully saturated rings. The molecule has 0 unspecified atom stereocenters. The number of halogens is 3. The lowest BCUT2D eigenvalue weighted by Crippen LogP contribution is -2.39. The van der Waals surface area contributed by atoms with Crippen molar-refractivity contribution in [2.24, 2.45) is 0 Å². The summed E-state index contributed by atoms with van der Waals surface area (Å²) in [6, 6.07) is 14.5. The minimum Gasteiger partial charge on any atom is -0.379 e. The summed E-state index contributed by atoms with van der Waals surface area (Å²) in [6.45, 7) is 7.76. The SMILES string of the molecule is Cc1ccc(NC(=O)N(Cc2cccc(OS(=O)(=O)c3cccc(C(F)(F)F)c3)c2)C(C)C)cc1C. The van der Waals surface area contributed by atoms with Gasteiger partial charge in [0.1, 0.15) is 10.6 Å².